The molecule has 1 amide bonds. The first kappa shape index (κ1) is 17.9. The lowest BCUT2D eigenvalue weighted by atomic mass is 10.1. The van der Waals surface area contributed by atoms with Crippen LogP contribution in [-0.4, -0.2) is 21.5 Å². The van der Waals surface area contributed by atoms with Gasteiger partial charge in [-0.3, -0.25) is 4.79 Å². The molecule has 124 valence electrons. The number of hydrogen-bond acceptors (Lipinski definition) is 4. The van der Waals surface area contributed by atoms with Gasteiger partial charge in [-0.05, 0) is 30.9 Å². The molecule has 4 nitrogen and oxygen atoms in total. The van der Waals surface area contributed by atoms with E-state index in [1.165, 1.54) is 0 Å². The van der Waals surface area contributed by atoms with E-state index in [0.717, 1.165) is 34.1 Å². The minimum Gasteiger partial charge on any atom is -0.304 e. The molecule has 0 bridgehead atoms. The van der Waals surface area contributed by atoms with Crippen LogP contribution in [0, 0.1) is 0 Å². The van der Waals surface area contributed by atoms with Crippen molar-refractivity contribution >= 4 is 34.5 Å². The van der Waals surface area contributed by atoms with E-state index in [0.29, 0.717) is 13.0 Å². The van der Waals surface area contributed by atoms with Crippen molar-refractivity contribution in [1.82, 2.24) is 10.2 Å². The Bertz CT molecular complexity index is 659. The minimum atomic E-state index is -0.529. The van der Waals surface area contributed by atoms with Gasteiger partial charge in [0.05, 0.1) is 6.54 Å². The molecule has 1 aromatic heterocycles. The molecule has 0 saturated carbocycles. The van der Waals surface area contributed by atoms with Gasteiger partial charge in [0.15, 0.2) is 0 Å². The molecule has 0 spiro atoms. The molecule has 0 aliphatic carbocycles. The molecule has 6 heteroatoms. The van der Waals surface area contributed by atoms with Crippen molar-refractivity contribution in [3.8, 4) is 0 Å². The average molecular weight is 352 g/mol. The van der Waals surface area contributed by atoms with Gasteiger partial charge in [-0.1, -0.05) is 50.3 Å². The summed E-state index contributed by atoms with van der Waals surface area (Å²) >= 11 is 7.78. The summed E-state index contributed by atoms with van der Waals surface area (Å²) in [6.07, 6.45) is 2.31. The van der Waals surface area contributed by atoms with Crippen LogP contribution in [-0.2, 0) is 24.2 Å². The Kier molecular flexibility index (Phi) is 6.54. The second kappa shape index (κ2) is 8.41. The van der Waals surface area contributed by atoms with Gasteiger partial charge in [-0.25, -0.2) is 0 Å². The summed E-state index contributed by atoms with van der Waals surface area (Å²) in [4.78, 5) is 14.5. The molecule has 1 unspecified atom stereocenters. The lowest BCUT2D eigenvalue weighted by Gasteiger charge is -2.26. The Hall–Kier alpha value is -1.46. The monoisotopic (exact) mass is 351 g/mol. The summed E-state index contributed by atoms with van der Waals surface area (Å²) in [5.74, 6) is -0.0803. The van der Waals surface area contributed by atoms with Crippen molar-refractivity contribution in [3.05, 3.63) is 39.8 Å². The first-order valence-electron chi connectivity index (χ1n) is 7.95. The van der Waals surface area contributed by atoms with Gasteiger partial charge in [0, 0.05) is 5.69 Å². The molecule has 2 aromatic rings. The van der Waals surface area contributed by atoms with Gasteiger partial charge in [-0.2, -0.15) is 0 Å². The van der Waals surface area contributed by atoms with Crippen molar-refractivity contribution in [2.45, 2.75) is 52.0 Å². The standard InChI is InChI=1S/C17H22ClN3OS/c1-4-12-9-7-8-10-14(12)21(17(22)13(18)5-2)11-16-20-19-15(6-3)23-16/h7-10,13H,4-6,11H2,1-3H3. The predicted molar refractivity (Wildman–Crippen MR) is 96.2 cm³/mol. The maximum atomic E-state index is 12.8. The highest BCUT2D eigenvalue weighted by Gasteiger charge is 2.25. The number of aromatic nitrogens is 2. The molecule has 1 aromatic carbocycles. The molecule has 0 fully saturated rings. The Morgan fingerprint density at radius 2 is 1.87 bits per heavy atom. The van der Waals surface area contributed by atoms with E-state index < -0.39 is 5.38 Å². The minimum absolute atomic E-state index is 0.0803. The summed E-state index contributed by atoms with van der Waals surface area (Å²) in [7, 11) is 0. The number of carbonyl (C=O) groups is 1. The summed E-state index contributed by atoms with van der Waals surface area (Å²) in [5.41, 5.74) is 2.04. The zero-order valence-electron chi connectivity index (χ0n) is 13.8. The highest BCUT2D eigenvalue weighted by Crippen LogP contribution is 2.26. The van der Waals surface area contributed by atoms with Crippen LogP contribution in [0.4, 0.5) is 5.69 Å². The van der Waals surface area contributed by atoms with E-state index in [9.17, 15) is 4.79 Å². The third kappa shape index (κ3) is 4.30. The fourth-order valence-electron chi connectivity index (χ4n) is 2.33. The molecule has 2 rings (SSSR count). The summed E-state index contributed by atoms with van der Waals surface area (Å²) in [5, 5.41) is 9.64. The van der Waals surface area contributed by atoms with Crippen LogP contribution in [0.5, 0.6) is 0 Å². The number of alkyl halides is 1. The third-order valence-corrected chi connectivity index (χ3v) is 5.21. The summed E-state index contributed by atoms with van der Waals surface area (Å²) < 4.78 is 0. The smallest absolute Gasteiger partial charge is 0.245 e. The first-order valence-corrected chi connectivity index (χ1v) is 9.20. The number of benzene rings is 1. The normalized spacial score (nSPS) is 12.2. The van der Waals surface area contributed by atoms with Crippen LogP contribution in [0.15, 0.2) is 24.3 Å². The van der Waals surface area contributed by atoms with Crippen LogP contribution in [0.3, 0.4) is 0 Å². The van der Waals surface area contributed by atoms with Crippen molar-refractivity contribution in [2.24, 2.45) is 0 Å². The van der Waals surface area contributed by atoms with Crippen molar-refractivity contribution < 1.29 is 4.79 Å². The van der Waals surface area contributed by atoms with Gasteiger partial charge in [0.25, 0.3) is 0 Å². The zero-order valence-corrected chi connectivity index (χ0v) is 15.3. The number of para-hydroxylation sites is 1. The fraction of sp³-hybridized carbons (Fsp3) is 0.471. The second-order valence-corrected chi connectivity index (χ2v) is 6.90. The van der Waals surface area contributed by atoms with Gasteiger partial charge in [0.1, 0.15) is 15.4 Å². The number of aryl methyl sites for hydroxylation is 2. The van der Waals surface area contributed by atoms with Gasteiger partial charge in [0.2, 0.25) is 5.91 Å². The number of amides is 1. The van der Waals surface area contributed by atoms with Crippen LogP contribution in [0.2, 0.25) is 0 Å². The molecule has 1 heterocycles. The number of halogens is 1. The van der Waals surface area contributed by atoms with Crippen LogP contribution in [0.1, 0.15) is 42.8 Å². The highest BCUT2D eigenvalue weighted by atomic mass is 35.5. The van der Waals surface area contributed by atoms with Crippen LogP contribution in [0.25, 0.3) is 0 Å². The van der Waals surface area contributed by atoms with E-state index >= 15 is 0 Å². The van der Waals surface area contributed by atoms with E-state index in [4.69, 9.17) is 11.6 Å². The molecule has 0 aliphatic heterocycles. The third-order valence-electron chi connectivity index (χ3n) is 3.66. The molecular formula is C17H22ClN3OS. The fourth-order valence-corrected chi connectivity index (χ4v) is 3.22. The molecule has 0 aliphatic rings. The quantitative estimate of drug-likeness (QED) is 0.702. The maximum absolute atomic E-state index is 12.8. The SMILES string of the molecule is CCc1nnc(CN(C(=O)C(Cl)CC)c2ccccc2CC)s1. The van der Waals surface area contributed by atoms with Gasteiger partial charge in [-0.15, -0.1) is 21.8 Å². The molecule has 0 saturated heterocycles. The Balaban J connectivity index is 2.36. The van der Waals surface area contributed by atoms with E-state index in [1.807, 2.05) is 38.1 Å². The van der Waals surface area contributed by atoms with E-state index in [-0.39, 0.29) is 5.91 Å². The van der Waals surface area contributed by atoms with Crippen LogP contribution < -0.4 is 4.90 Å². The topological polar surface area (TPSA) is 46.1 Å². The van der Waals surface area contributed by atoms with Gasteiger partial charge >= 0.3 is 0 Å². The largest absolute Gasteiger partial charge is 0.304 e. The number of carbonyl (C=O) groups excluding carboxylic acids is 1. The van der Waals surface area contributed by atoms with Crippen molar-refractivity contribution in [1.29, 1.82) is 0 Å². The van der Waals surface area contributed by atoms with E-state index in [1.54, 1.807) is 16.2 Å². The number of anilines is 1. The van der Waals surface area contributed by atoms with Crippen LogP contribution >= 0.6 is 22.9 Å². The van der Waals surface area contributed by atoms with Gasteiger partial charge < -0.3 is 4.90 Å². The number of nitrogens with zero attached hydrogens (tertiary/aromatic N) is 3. The second-order valence-electron chi connectivity index (χ2n) is 5.23. The Morgan fingerprint density at radius 3 is 2.48 bits per heavy atom. The average Bonchev–Trinajstić information content (AvgIpc) is 3.06. The lowest BCUT2D eigenvalue weighted by Crippen LogP contribution is -2.36. The molecule has 1 atom stereocenters. The molecule has 23 heavy (non-hydrogen) atoms. The predicted octanol–water partition coefficient (Wildman–Crippen LogP) is 4.21. The zero-order chi connectivity index (χ0) is 16.8. The Morgan fingerprint density at radius 1 is 1.17 bits per heavy atom. The first-order chi connectivity index (χ1) is 11.1. The summed E-state index contributed by atoms with van der Waals surface area (Å²) in [6, 6.07) is 7.95. The summed E-state index contributed by atoms with van der Waals surface area (Å²) in [6.45, 7) is 6.46. The Labute approximate surface area is 146 Å². The number of hydrogen-bond donors (Lipinski definition) is 0. The molecule has 0 N–H and O–H groups in total. The number of rotatable bonds is 7. The van der Waals surface area contributed by atoms with Crippen molar-refractivity contribution in [3.63, 3.8) is 0 Å². The molecular weight excluding hydrogens is 330 g/mol. The van der Waals surface area contributed by atoms with E-state index in [2.05, 4.69) is 17.1 Å². The molecule has 0 radical (unpaired) electrons. The maximum Gasteiger partial charge on any atom is 0.245 e. The highest BCUT2D eigenvalue weighted by molar-refractivity contribution is 7.11. The van der Waals surface area contributed by atoms with Crippen molar-refractivity contribution in [2.75, 3.05) is 4.90 Å². The lowest BCUT2D eigenvalue weighted by molar-refractivity contribution is -0.118.